The second-order valence-corrected chi connectivity index (χ2v) is 10.5. The van der Waals surface area contributed by atoms with Crippen LogP contribution < -0.4 is 0 Å². The first-order chi connectivity index (χ1) is 17.7. The van der Waals surface area contributed by atoms with E-state index < -0.39 is 46.3 Å². The van der Waals surface area contributed by atoms with Crippen molar-refractivity contribution in [2.24, 2.45) is 23.7 Å². The zero-order valence-electron chi connectivity index (χ0n) is 19.6. The first-order valence-electron chi connectivity index (χ1n) is 12.0. The monoisotopic (exact) mass is 543 g/mol. The molecule has 9 nitrogen and oxygen atoms in total. The number of non-ortho nitro benzene ring substituents is 1. The van der Waals surface area contributed by atoms with Crippen LogP contribution in [0.1, 0.15) is 46.4 Å². The SMILES string of the molecule is O=C(c1ccc(Cl)cc1)[C@H](CCCl)N(C(=O)c1ccc([N+](=O)[O-])cc1)N1C(=O)[C@@H]2[C@H]3CC[C@@H](C3)[C@H]2C1=O. The standard InChI is InChI=1S/C26H23Cl2N3O6/c27-12-11-20(23(32)14-3-7-18(28)8-4-14)29(24(33)15-5-9-19(10-6-15)31(36)37)30-25(34)21-16-1-2-17(13-16)22(21)26(30)35/h3-10,16-17,20-22H,1-2,11-13H2/t16-,17-,20-,21+,22+/m0/s1. The van der Waals surface area contributed by atoms with E-state index in [-0.39, 0.29) is 41.0 Å². The van der Waals surface area contributed by atoms with Gasteiger partial charge in [0, 0.05) is 34.2 Å². The molecule has 2 aromatic carbocycles. The van der Waals surface area contributed by atoms with E-state index in [9.17, 15) is 29.3 Å². The molecule has 3 aliphatic rings. The maximum Gasteiger partial charge on any atom is 0.273 e. The summed E-state index contributed by atoms with van der Waals surface area (Å²) in [4.78, 5) is 65.5. The Kier molecular flexibility index (Phi) is 6.76. The second-order valence-electron chi connectivity index (χ2n) is 9.69. The number of carbonyl (C=O) groups is 4. The zero-order valence-corrected chi connectivity index (χ0v) is 21.1. The second kappa shape index (κ2) is 9.87. The van der Waals surface area contributed by atoms with Gasteiger partial charge in [0.2, 0.25) is 0 Å². The van der Waals surface area contributed by atoms with Crippen LogP contribution in [-0.2, 0) is 9.59 Å². The van der Waals surface area contributed by atoms with Crippen LogP contribution in [0.3, 0.4) is 0 Å². The van der Waals surface area contributed by atoms with Gasteiger partial charge in [-0.25, -0.2) is 5.01 Å². The lowest BCUT2D eigenvalue weighted by molar-refractivity contribution is -0.384. The van der Waals surface area contributed by atoms with E-state index in [4.69, 9.17) is 23.2 Å². The third kappa shape index (κ3) is 4.30. The van der Waals surface area contributed by atoms with Gasteiger partial charge in [-0.3, -0.25) is 29.3 Å². The van der Waals surface area contributed by atoms with E-state index in [1.54, 1.807) is 0 Å². The molecule has 5 rings (SSSR count). The van der Waals surface area contributed by atoms with Crippen molar-refractivity contribution in [3.63, 3.8) is 0 Å². The summed E-state index contributed by atoms with van der Waals surface area (Å²) in [7, 11) is 0. The molecule has 2 aliphatic carbocycles. The summed E-state index contributed by atoms with van der Waals surface area (Å²) in [6.07, 6.45) is 2.49. The van der Waals surface area contributed by atoms with Gasteiger partial charge in [-0.2, -0.15) is 5.01 Å². The maximum atomic E-state index is 13.9. The molecule has 3 amide bonds. The Hall–Kier alpha value is -3.30. The molecule has 0 radical (unpaired) electrons. The number of Topliss-reactive ketones (excluding diaryl/α,β-unsaturated/α-hetero) is 1. The molecule has 0 aromatic heterocycles. The number of hydrogen-bond acceptors (Lipinski definition) is 6. The molecular formula is C26H23Cl2N3O6. The molecule has 2 aromatic rings. The van der Waals surface area contributed by atoms with Crippen molar-refractivity contribution in [1.29, 1.82) is 0 Å². The van der Waals surface area contributed by atoms with Gasteiger partial charge in [0.05, 0.1) is 16.8 Å². The number of hydrogen-bond donors (Lipinski definition) is 0. The van der Waals surface area contributed by atoms with Gasteiger partial charge < -0.3 is 0 Å². The van der Waals surface area contributed by atoms with Crippen LogP contribution >= 0.6 is 23.2 Å². The first kappa shape index (κ1) is 25.4. The van der Waals surface area contributed by atoms with E-state index in [1.165, 1.54) is 36.4 Å². The van der Waals surface area contributed by atoms with Crippen LogP contribution in [0.5, 0.6) is 0 Å². The molecule has 3 fully saturated rings. The minimum absolute atomic E-state index is 0.00490. The highest BCUT2D eigenvalue weighted by Gasteiger charge is 2.63. The van der Waals surface area contributed by atoms with Crippen molar-refractivity contribution < 1.29 is 24.1 Å². The summed E-state index contributed by atoms with van der Waals surface area (Å²) < 4.78 is 0. The number of hydrazine groups is 1. The predicted octanol–water partition coefficient (Wildman–Crippen LogP) is 4.52. The molecule has 1 saturated heterocycles. The van der Waals surface area contributed by atoms with E-state index >= 15 is 0 Å². The first-order valence-corrected chi connectivity index (χ1v) is 13.0. The van der Waals surface area contributed by atoms with Crippen molar-refractivity contribution in [3.05, 3.63) is 74.8 Å². The van der Waals surface area contributed by atoms with Gasteiger partial charge in [0.25, 0.3) is 23.4 Å². The van der Waals surface area contributed by atoms with Crippen molar-refractivity contribution in [3.8, 4) is 0 Å². The van der Waals surface area contributed by atoms with E-state index in [2.05, 4.69) is 0 Å². The fraction of sp³-hybridized carbons (Fsp3) is 0.385. The Morgan fingerprint density at radius 3 is 2.03 bits per heavy atom. The lowest BCUT2D eigenvalue weighted by Crippen LogP contribution is -2.58. The Morgan fingerprint density at radius 2 is 1.51 bits per heavy atom. The van der Waals surface area contributed by atoms with E-state index in [0.717, 1.165) is 41.4 Å². The summed E-state index contributed by atoms with van der Waals surface area (Å²) in [6, 6.07) is 9.61. The number of halogens is 2. The Labute approximate surface area is 222 Å². The number of carbonyl (C=O) groups excluding carboxylic acids is 4. The Bertz CT molecular complexity index is 1250. The molecule has 0 unspecified atom stereocenters. The van der Waals surface area contributed by atoms with Crippen LogP contribution in [-0.4, -0.2) is 50.4 Å². The van der Waals surface area contributed by atoms with Crippen molar-refractivity contribution in [2.45, 2.75) is 31.7 Å². The smallest absolute Gasteiger partial charge is 0.273 e. The van der Waals surface area contributed by atoms with Crippen LogP contribution in [0, 0.1) is 33.8 Å². The summed E-state index contributed by atoms with van der Waals surface area (Å²) in [5.41, 5.74) is 0.00664. The zero-order chi connectivity index (χ0) is 26.4. The fourth-order valence-electron chi connectivity index (χ4n) is 6.11. The lowest BCUT2D eigenvalue weighted by Gasteiger charge is -2.36. The number of alkyl halides is 1. The molecule has 1 aliphatic heterocycles. The fourth-order valence-corrected chi connectivity index (χ4v) is 6.44. The quantitative estimate of drug-likeness (QED) is 0.159. The third-order valence-electron chi connectivity index (χ3n) is 7.76. The highest BCUT2D eigenvalue weighted by atomic mass is 35.5. The van der Waals surface area contributed by atoms with Gasteiger partial charge in [0.15, 0.2) is 5.78 Å². The third-order valence-corrected chi connectivity index (χ3v) is 8.23. The number of imide groups is 1. The number of nitrogens with zero attached hydrogens (tertiary/aromatic N) is 3. The Balaban J connectivity index is 1.58. The van der Waals surface area contributed by atoms with Crippen LogP contribution in [0.2, 0.25) is 5.02 Å². The average Bonchev–Trinajstić information content (AvgIpc) is 3.58. The number of rotatable bonds is 8. The van der Waals surface area contributed by atoms with Gasteiger partial charge in [-0.15, -0.1) is 11.6 Å². The molecule has 5 atom stereocenters. The molecule has 11 heteroatoms. The highest BCUT2D eigenvalue weighted by molar-refractivity contribution is 6.30. The van der Waals surface area contributed by atoms with Crippen LogP contribution in [0.25, 0.3) is 0 Å². The van der Waals surface area contributed by atoms with E-state index in [1.807, 2.05) is 0 Å². The van der Waals surface area contributed by atoms with Gasteiger partial charge in [-0.1, -0.05) is 11.6 Å². The van der Waals surface area contributed by atoms with Gasteiger partial charge in [-0.05, 0) is 73.9 Å². The Morgan fingerprint density at radius 1 is 0.973 bits per heavy atom. The molecule has 2 saturated carbocycles. The lowest BCUT2D eigenvalue weighted by atomic mass is 9.81. The van der Waals surface area contributed by atoms with Crippen molar-refractivity contribution in [1.82, 2.24) is 10.0 Å². The molecule has 0 N–H and O–H groups in total. The van der Waals surface area contributed by atoms with Crippen LogP contribution in [0.15, 0.2) is 48.5 Å². The number of fused-ring (bicyclic) bond motifs is 5. The summed E-state index contributed by atoms with van der Waals surface area (Å²) >= 11 is 12.0. The topological polar surface area (TPSA) is 118 Å². The number of benzene rings is 2. The molecule has 2 bridgehead atoms. The predicted molar refractivity (Wildman–Crippen MR) is 134 cm³/mol. The minimum Gasteiger partial charge on any atom is -0.292 e. The highest BCUT2D eigenvalue weighted by Crippen LogP contribution is 2.56. The molecule has 192 valence electrons. The molecule has 1 heterocycles. The average molecular weight is 544 g/mol. The molecular weight excluding hydrogens is 521 g/mol. The number of nitro groups is 1. The normalized spacial score (nSPS) is 24.8. The van der Waals surface area contributed by atoms with E-state index in [0.29, 0.717) is 5.02 Å². The minimum atomic E-state index is -1.26. The largest absolute Gasteiger partial charge is 0.292 e. The molecule has 37 heavy (non-hydrogen) atoms. The van der Waals surface area contributed by atoms with Crippen molar-refractivity contribution in [2.75, 3.05) is 5.88 Å². The number of amides is 3. The summed E-state index contributed by atoms with van der Waals surface area (Å²) in [5, 5.41) is 13.3. The number of nitro benzene ring substituents is 1. The summed E-state index contributed by atoms with van der Waals surface area (Å²) in [6.45, 7) is 0. The summed E-state index contributed by atoms with van der Waals surface area (Å²) in [5.74, 6) is -3.17. The molecule has 0 spiro atoms. The van der Waals surface area contributed by atoms with Crippen LogP contribution in [0.4, 0.5) is 5.69 Å². The van der Waals surface area contributed by atoms with Crippen molar-refractivity contribution >= 4 is 52.4 Å². The maximum absolute atomic E-state index is 13.9. The van der Waals surface area contributed by atoms with Gasteiger partial charge in [0.1, 0.15) is 6.04 Å². The number of ketones is 1. The van der Waals surface area contributed by atoms with Gasteiger partial charge >= 0.3 is 0 Å².